The van der Waals surface area contributed by atoms with Crippen LogP contribution in [0.5, 0.6) is 0 Å². The van der Waals surface area contributed by atoms with Gasteiger partial charge in [-0.2, -0.15) is 0 Å². The maximum absolute atomic E-state index is 12.6. The first-order valence-electron chi connectivity index (χ1n) is 9.41. The molecule has 4 atom stereocenters. The number of hydrogen-bond acceptors (Lipinski definition) is 3. The number of carbonyl (C=O) groups is 2. The van der Waals surface area contributed by atoms with Gasteiger partial charge in [0.25, 0.3) is 5.91 Å². The van der Waals surface area contributed by atoms with Gasteiger partial charge in [0.1, 0.15) is 0 Å². The van der Waals surface area contributed by atoms with Gasteiger partial charge in [0.05, 0.1) is 0 Å². The van der Waals surface area contributed by atoms with Crippen LogP contribution >= 0.6 is 0 Å². The number of carbonyl (C=O) groups excluding carboxylic acids is 2. The molecule has 2 saturated carbocycles. The fourth-order valence-corrected chi connectivity index (χ4v) is 3.71. The van der Waals surface area contributed by atoms with Crippen LogP contribution in [0.15, 0.2) is 24.3 Å². The molecule has 25 heavy (non-hydrogen) atoms. The van der Waals surface area contributed by atoms with Gasteiger partial charge < -0.3 is 15.7 Å². The second-order valence-electron chi connectivity index (χ2n) is 7.55. The minimum atomic E-state index is -0.138. The highest BCUT2D eigenvalue weighted by atomic mass is 16.3. The van der Waals surface area contributed by atoms with E-state index in [0.29, 0.717) is 17.2 Å². The van der Waals surface area contributed by atoms with Crippen LogP contribution < -0.4 is 10.6 Å². The third kappa shape index (κ3) is 4.60. The number of hydrogen-bond donors (Lipinski definition) is 3. The lowest BCUT2D eigenvalue weighted by atomic mass is 9.95. The highest BCUT2D eigenvalue weighted by molar-refractivity contribution is 5.98. The van der Waals surface area contributed by atoms with Gasteiger partial charge in [-0.1, -0.05) is 32.3 Å². The molecule has 136 valence electrons. The molecule has 4 unspecified atom stereocenters. The minimum Gasteiger partial charge on any atom is -0.396 e. The summed E-state index contributed by atoms with van der Waals surface area (Å²) >= 11 is 0. The summed E-state index contributed by atoms with van der Waals surface area (Å²) in [7, 11) is 0. The summed E-state index contributed by atoms with van der Waals surface area (Å²) in [5.41, 5.74) is 1.21. The Labute approximate surface area is 149 Å². The smallest absolute Gasteiger partial charge is 0.251 e. The molecule has 0 heterocycles. The number of anilines is 1. The first-order chi connectivity index (χ1) is 12.1. The standard InChI is InChI=1S/C20H28N2O3/c1-13-10-17(13)20(25)21-16-8-5-7-14(11-16)19(24)22-18-9-4-2-3-6-15(18)12-23/h5,7-8,11,13,15,17-18,23H,2-4,6,9-10,12H2,1H3,(H,21,25)(H,22,24). The first kappa shape index (κ1) is 17.9. The molecule has 1 aromatic rings. The van der Waals surface area contributed by atoms with Gasteiger partial charge in [-0.15, -0.1) is 0 Å². The number of aliphatic hydroxyl groups is 1. The predicted octanol–water partition coefficient (Wildman–Crippen LogP) is 2.95. The topological polar surface area (TPSA) is 78.4 Å². The Morgan fingerprint density at radius 3 is 2.68 bits per heavy atom. The zero-order valence-corrected chi connectivity index (χ0v) is 14.8. The van der Waals surface area contributed by atoms with Crippen LogP contribution in [-0.4, -0.2) is 29.6 Å². The molecule has 2 aliphatic carbocycles. The Kier molecular flexibility index (Phi) is 5.74. The van der Waals surface area contributed by atoms with Gasteiger partial charge >= 0.3 is 0 Å². The van der Waals surface area contributed by atoms with Crippen LogP contribution in [0.3, 0.4) is 0 Å². The molecule has 3 rings (SSSR count). The number of benzene rings is 1. The highest BCUT2D eigenvalue weighted by Gasteiger charge is 2.39. The van der Waals surface area contributed by atoms with Crippen molar-refractivity contribution in [2.45, 2.75) is 51.5 Å². The fraction of sp³-hybridized carbons (Fsp3) is 0.600. The third-order valence-electron chi connectivity index (χ3n) is 5.55. The molecule has 5 heteroatoms. The van der Waals surface area contributed by atoms with Crippen LogP contribution in [0.1, 0.15) is 55.8 Å². The van der Waals surface area contributed by atoms with Crippen LogP contribution in [-0.2, 0) is 4.79 Å². The SMILES string of the molecule is CC1CC1C(=O)Nc1cccc(C(=O)NC2CCCCCC2CO)c1. The maximum Gasteiger partial charge on any atom is 0.251 e. The van der Waals surface area contributed by atoms with E-state index in [4.69, 9.17) is 0 Å². The lowest BCUT2D eigenvalue weighted by molar-refractivity contribution is -0.117. The summed E-state index contributed by atoms with van der Waals surface area (Å²) in [5.74, 6) is 0.590. The molecule has 2 fully saturated rings. The Morgan fingerprint density at radius 1 is 1.20 bits per heavy atom. The Bertz CT molecular complexity index is 631. The number of nitrogens with one attached hydrogen (secondary N) is 2. The van der Waals surface area contributed by atoms with E-state index >= 15 is 0 Å². The van der Waals surface area contributed by atoms with Crippen molar-refractivity contribution in [2.24, 2.45) is 17.8 Å². The number of rotatable bonds is 5. The largest absolute Gasteiger partial charge is 0.396 e. The van der Waals surface area contributed by atoms with E-state index in [2.05, 4.69) is 17.6 Å². The average Bonchev–Trinajstić information content (AvgIpc) is 3.37. The molecule has 5 nitrogen and oxygen atoms in total. The lowest BCUT2D eigenvalue weighted by Gasteiger charge is -2.24. The molecular formula is C20H28N2O3. The quantitative estimate of drug-likeness (QED) is 0.719. The van der Waals surface area contributed by atoms with Crippen LogP contribution in [0.25, 0.3) is 0 Å². The molecule has 0 radical (unpaired) electrons. The minimum absolute atomic E-state index is 0.0190. The van der Waals surface area contributed by atoms with Crippen molar-refractivity contribution in [3.05, 3.63) is 29.8 Å². The zero-order chi connectivity index (χ0) is 17.8. The monoisotopic (exact) mass is 344 g/mol. The van der Waals surface area contributed by atoms with Gasteiger partial charge in [0.2, 0.25) is 5.91 Å². The molecule has 0 spiro atoms. The molecule has 0 aliphatic heterocycles. The predicted molar refractivity (Wildman–Crippen MR) is 97.3 cm³/mol. The average molecular weight is 344 g/mol. The van der Waals surface area contributed by atoms with Gasteiger partial charge in [-0.05, 0) is 43.4 Å². The van der Waals surface area contributed by atoms with Gasteiger partial charge in [0.15, 0.2) is 0 Å². The van der Waals surface area contributed by atoms with Crippen LogP contribution in [0, 0.1) is 17.8 Å². The van der Waals surface area contributed by atoms with E-state index in [-0.39, 0.29) is 36.3 Å². The summed E-state index contributed by atoms with van der Waals surface area (Å²) < 4.78 is 0. The number of aliphatic hydroxyl groups excluding tert-OH is 1. The second-order valence-corrected chi connectivity index (χ2v) is 7.55. The molecule has 2 amide bonds. The van der Waals surface area contributed by atoms with E-state index < -0.39 is 0 Å². The summed E-state index contributed by atoms with van der Waals surface area (Å²) in [5, 5.41) is 15.6. The molecule has 0 bridgehead atoms. The van der Waals surface area contributed by atoms with Gasteiger partial charge in [0, 0.05) is 35.7 Å². The van der Waals surface area contributed by atoms with Crippen LogP contribution in [0.4, 0.5) is 5.69 Å². The van der Waals surface area contributed by atoms with Gasteiger partial charge in [-0.3, -0.25) is 9.59 Å². The van der Waals surface area contributed by atoms with Crippen molar-refractivity contribution in [1.29, 1.82) is 0 Å². The first-order valence-corrected chi connectivity index (χ1v) is 9.41. The van der Waals surface area contributed by atoms with E-state index in [1.165, 1.54) is 0 Å². The zero-order valence-electron chi connectivity index (χ0n) is 14.8. The highest BCUT2D eigenvalue weighted by Crippen LogP contribution is 2.38. The van der Waals surface area contributed by atoms with E-state index in [9.17, 15) is 14.7 Å². The summed E-state index contributed by atoms with van der Waals surface area (Å²) in [6.45, 7) is 2.18. The number of amides is 2. The van der Waals surface area contributed by atoms with Crippen LogP contribution in [0.2, 0.25) is 0 Å². The third-order valence-corrected chi connectivity index (χ3v) is 5.55. The van der Waals surface area contributed by atoms with E-state index in [1.807, 2.05) is 6.07 Å². The molecule has 0 aromatic heterocycles. The fourth-order valence-electron chi connectivity index (χ4n) is 3.71. The molecule has 2 aliphatic rings. The van der Waals surface area contributed by atoms with Crippen molar-refractivity contribution < 1.29 is 14.7 Å². The molecular weight excluding hydrogens is 316 g/mol. The van der Waals surface area contributed by atoms with Crippen molar-refractivity contribution in [3.8, 4) is 0 Å². The van der Waals surface area contributed by atoms with Crippen molar-refractivity contribution in [1.82, 2.24) is 5.32 Å². The summed E-state index contributed by atoms with van der Waals surface area (Å²) in [6.07, 6.45) is 6.15. The Hall–Kier alpha value is -1.88. The molecule has 3 N–H and O–H groups in total. The normalized spacial score (nSPS) is 28.7. The Morgan fingerprint density at radius 2 is 1.96 bits per heavy atom. The van der Waals surface area contributed by atoms with Crippen molar-refractivity contribution >= 4 is 17.5 Å². The van der Waals surface area contributed by atoms with E-state index in [1.54, 1.807) is 18.2 Å². The Balaban J connectivity index is 1.63. The maximum atomic E-state index is 12.6. The molecule has 0 saturated heterocycles. The lowest BCUT2D eigenvalue weighted by Crippen LogP contribution is -2.41. The van der Waals surface area contributed by atoms with E-state index in [0.717, 1.165) is 38.5 Å². The summed E-state index contributed by atoms with van der Waals surface area (Å²) in [4.78, 5) is 24.7. The summed E-state index contributed by atoms with van der Waals surface area (Å²) in [6, 6.07) is 7.10. The van der Waals surface area contributed by atoms with Gasteiger partial charge in [-0.25, -0.2) is 0 Å². The second kappa shape index (κ2) is 8.00. The molecule has 1 aromatic carbocycles. The van der Waals surface area contributed by atoms with Crippen molar-refractivity contribution in [2.75, 3.05) is 11.9 Å². The van der Waals surface area contributed by atoms with Crippen molar-refractivity contribution in [3.63, 3.8) is 0 Å².